The molecule has 1 rings (SSSR count). The summed E-state index contributed by atoms with van der Waals surface area (Å²) in [4.78, 5) is 14.2. The quantitative estimate of drug-likeness (QED) is 0.340. The summed E-state index contributed by atoms with van der Waals surface area (Å²) in [5.41, 5.74) is 14.5. The van der Waals surface area contributed by atoms with Crippen LogP contribution in [0.5, 0.6) is 0 Å². The van der Waals surface area contributed by atoms with E-state index >= 15 is 0 Å². The van der Waals surface area contributed by atoms with Gasteiger partial charge in [-0.05, 0) is 30.6 Å². The zero-order valence-electron chi connectivity index (χ0n) is 8.76. The highest BCUT2D eigenvalue weighted by Crippen LogP contribution is 2.13. The molecule has 0 unspecified atom stereocenters. The number of carbonyl (C=O) groups excluding carboxylic acids is 1. The highest BCUT2D eigenvalue weighted by Gasteiger charge is 2.04. The van der Waals surface area contributed by atoms with Gasteiger partial charge >= 0.3 is 0 Å². The maximum absolute atomic E-state index is 11.6. The van der Waals surface area contributed by atoms with Gasteiger partial charge in [-0.3, -0.25) is 4.79 Å². The van der Waals surface area contributed by atoms with Gasteiger partial charge in [0.25, 0.3) is 5.91 Å². The van der Waals surface area contributed by atoms with Crippen LogP contribution in [-0.2, 0) is 0 Å². The van der Waals surface area contributed by atoms with Crippen LogP contribution in [0, 0.1) is 0 Å². The van der Waals surface area contributed by atoms with Crippen molar-refractivity contribution in [1.82, 2.24) is 5.32 Å². The predicted molar refractivity (Wildman–Crippen MR) is 61.3 cm³/mol. The van der Waals surface area contributed by atoms with E-state index < -0.39 is 0 Å². The first-order valence-corrected chi connectivity index (χ1v) is 4.91. The fourth-order valence-electron chi connectivity index (χ4n) is 1.17. The molecule has 1 aromatic carbocycles. The average Bonchev–Trinajstić information content (AvgIpc) is 2.30. The lowest BCUT2D eigenvalue weighted by atomic mass is 10.2. The van der Waals surface area contributed by atoms with Crippen molar-refractivity contribution in [2.75, 3.05) is 13.1 Å². The molecule has 0 saturated heterocycles. The molecule has 0 aromatic heterocycles. The largest absolute Gasteiger partial charge is 0.352 e. The van der Waals surface area contributed by atoms with Gasteiger partial charge in [0.2, 0.25) is 0 Å². The Labute approximate surface area is 93.1 Å². The van der Waals surface area contributed by atoms with Gasteiger partial charge in [0.15, 0.2) is 0 Å². The molecule has 0 atom stereocenters. The molecule has 0 bridgehead atoms. The van der Waals surface area contributed by atoms with Crippen molar-refractivity contribution in [3.8, 4) is 0 Å². The van der Waals surface area contributed by atoms with E-state index in [1.54, 1.807) is 18.2 Å². The van der Waals surface area contributed by atoms with Crippen molar-refractivity contribution in [2.45, 2.75) is 6.42 Å². The second kappa shape index (κ2) is 6.44. The van der Waals surface area contributed by atoms with E-state index in [1.165, 1.54) is 6.07 Å². The number of rotatable bonds is 5. The Hall–Kier alpha value is -2.04. The van der Waals surface area contributed by atoms with Crippen molar-refractivity contribution >= 4 is 11.6 Å². The van der Waals surface area contributed by atoms with Crippen LogP contribution in [0.25, 0.3) is 10.4 Å². The Morgan fingerprint density at radius 2 is 2.38 bits per heavy atom. The van der Waals surface area contributed by atoms with E-state index in [4.69, 9.17) is 11.3 Å². The van der Waals surface area contributed by atoms with Crippen molar-refractivity contribution in [2.24, 2.45) is 10.8 Å². The van der Waals surface area contributed by atoms with Crippen LogP contribution in [0.2, 0.25) is 0 Å². The van der Waals surface area contributed by atoms with E-state index in [9.17, 15) is 4.79 Å². The summed E-state index contributed by atoms with van der Waals surface area (Å²) in [6, 6.07) is 6.50. The first-order valence-electron chi connectivity index (χ1n) is 4.91. The lowest BCUT2D eigenvalue weighted by molar-refractivity contribution is 0.0953. The number of hydrogen-bond acceptors (Lipinski definition) is 3. The topological polar surface area (TPSA) is 104 Å². The Morgan fingerprint density at radius 3 is 3.06 bits per heavy atom. The molecule has 1 amide bonds. The molecule has 6 nitrogen and oxygen atoms in total. The van der Waals surface area contributed by atoms with Crippen molar-refractivity contribution in [3.63, 3.8) is 0 Å². The van der Waals surface area contributed by atoms with Gasteiger partial charge in [0.1, 0.15) is 0 Å². The van der Waals surface area contributed by atoms with E-state index in [0.717, 1.165) is 6.42 Å². The highest BCUT2D eigenvalue weighted by molar-refractivity contribution is 5.94. The minimum atomic E-state index is -0.191. The van der Waals surface area contributed by atoms with E-state index in [-0.39, 0.29) is 5.91 Å². The number of nitrogens with one attached hydrogen (secondary N) is 1. The lowest BCUT2D eigenvalue weighted by Crippen LogP contribution is -2.25. The van der Waals surface area contributed by atoms with E-state index in [2.05, 4.69) is 15.3 Å². The van der Waals surface area contributed by atoms with Crippen molar-refractivity contribution < 1.29 is 4.79 Å². The van der Waals surface area contributed by atoms with Gasteiger partial charge in [-0.2, -0.15) is 0 Å². The zero-order valence-corrected chi connectivity index (χ0v) is 8.76. The number of carbonyl (C=O) groups is 1. The van der Waals surface area contributed by atoms with Crippen molar-refractivity contribution in [3.05, 3.63) is 40.3 Å². The summed E-state index contributed by atoms with van der Waals surface area (Å²) >= 11 is 0. The number of amides is 1. The molecule has 0 aliphatic heterocycles. The molecule has 0 saturated carbocycles. The molecule has 0 aliphatic rings. The van der Waals surface area contributed by atoms with Gasteiger partial charge in [-0.25, -0.2) is 0 Å². The van der Waals surface area contributed by atoms with Crippen LogP contribution in [0.1, 0.15) is 16.8 Å². The summed E-state index contributed by atoms with van der Waals surface area (Å²) in [6.45, 7) is 1.08. The number of nitrogens with two attached hydrogens (primary N) is 1. The molecule has 84 valence electrons. The maximum atomic E-state index is 11.6. The fourth-order valence-corrected chi connectivity index (χ4v) is 1.17. The van der Waals surface area contributed by atoms with E-state index in [1.807, 2.05) is 0 Å². The van der Waals surface area contributed by atoms with Crippen LogP contribution < -0.4 is 11.1 Å². The third kappa shape index (κ3) is 3.61. The molecular weight excluding hydrogens is 206 g/mol. The average molecular weight is 219 g/mol. The fraction of sp³-hybridized carbons (Fsp3) is 0.300. The van der Waals surface area contributed by atoms with Gasteiger partial charge in [-0.1, -0.05) is 17.2 Å². The predicted octanol–water partition coefficient (Wildman–Crippen LogP) is 1.71. The van der Waals surface area contributed by atoms with Gasteiger partial charge < -0.3 is 11.1 Å². The summed E-state index contributed by atoms with van der Waals surface area (Å²) in [5, 5.41) is 6.14. The minimum Gasteiger partial charge on any atom is -0.352 e. The summed E-state index contributed by atoms with van der Waals surface area (Å²) in [6.07, 6.45) is 0.738. The number of nitrogens with zero attached hydrogens (tertiary/aromatic N) is 3. The molecule has 0 heterocycles. The first kappa shape index (κ1) is 12.0. The van der Waals surface area contributed by atoms with Crippen LogP contribution in [0.4, 0.5) is 5.69 Å². The molecular formula is C10H13N5O. The SMILES string of the molecule is [N-]=[N+]=Nc1cccc(C(=O)NCCCN)c1. The van der Waals surface area contributed by atoms with Crippen LogP contribution in [0.3, 0.4) is 0 Å². The maximum Gasteiger partial charge on any atom is 0.251 e. The number of azide groups is 1. The monoisotopic (exact) mass is 219 g/mol. The highest BCUT2D eigenvalue weighted by atomic mass is 16.1. The second-order valence-electron chi connectivity index (χ2n) is 3.14. The molecule has 6 heteroatoms. The molecule has 16 heavy (non-hydrogen) atoms. The standard InChI is InChI=1S/C10H13N5O/c11-5-2-6-13-10(16)8-3-1-4-9(7-8)14-15-12/h1,3-4,7H,2,5-6,11H2,(H,13,16). The molecule has 0 radical (unpaired) electrons. The first-order chi connectivity index (χ1) is 7.77. The Balaban J connectivity index is 2.68. The smallest absolute Gasteiger partial charge is 0.251 e. The number of hydrogen-bond donors (Lipinski definition) is 2. The zero-order chi connectivity index (χ0) is 11.8. The van der Waals surface area contributed by atoms with Gasteiger partial charge in [0.05, 0.1) is 0 Å². The third-order valence-corrected chi connectivity index (χ3v) is 1.93. The molecule has 0 spiro atoms. The molecule has 1 aromatic rings. The molecule has 0 fully saturated rings. The van der Waals surface area contributed by atoms with Crippen LogP contribution in [0.15, 0.2) is 29.4 Å². The molecule has 0 aliphatic carbocycles. The van der Waals surface area contributed by atoms with Gasteiger partial charge in [-0.15, -0.1) is 0 Å². The summed E-state index contributed by atoms with van der Waals surface area (Å²) in [5.74, 6) is -0.191. The summed E-state index contributed by atoms with van der Waals surface area (Å²) < 4.78 is 0. The Morgan fingerprint density at radius 1 is 1.56 bits per heavy atom. The van der Waals surface area contributed by atoms with Crippen LogP contribution >= 0.6 is 0 Å². The number of benzene rings is 1. The third-order valence-electron chi connectivity index (χ3n) is 1.93. The van der Waals surface area contributed by atoms with Crippen LogP contribution in [-0.4, -0.2) is 19.0 Å². The van der Waals surface area contributed by atoms with Crippen molar-refractivity contribution in [1.29, 1.82) is 0 Å². The second-order valence-corrected chi connectivity index (χ2v) is 3.14. The lowest BCUT2D eigenvalue weighted by Gasteiger charge is -2.04. The Kier molecular flexibility index (Phi) is 4.85. The summed E-state index contributed by atoms with van der Waals surface area (Å²) in [7, 11) is 0. The van der Waals surface area contributed by atoms with E-state index in [0.29, 0.717) is 24.3 Å². The Bertz CT molecular complexity index is 411. The van der Waals surface area contributed by atoms with Gasteiger partial charge in [0, 0.05) is 22.7 Å². The minimum absolute atomic E-state index is 0.191. The normalized spacial score (nSPS) is 9.31. The molecule has 3 N–H and O–H groups in total.